The van der Waals surface area contributed by atoms with E-state index in [2.05, 4.69) is 4.74 Å². The van der Waals surface area contributed by atoms with Crippen LogP contribution in [-0.2, 0) is 19.1 Å². The van der Waals surface area contributed by atoms with Crippen molar-refractivity contribution in [3.8, 4) is 0 Å². The molecule has 0 aliphatic heterocycles. The summed E-state index contributed by atoms with van der Waals surface area (Å²) < 4.78 is 9.53. The van der Waals surface area contributed by atoms with E-state index in [-0.39, 0.29) is 18.0 Å². The van der Waals surface area contributed by atoms with Gasteiger partial charge < -0.3 is 9.47 Å². The maximum Gasteiger partial charge on any atom is 0.330 e. The Morgan fingerprint density at radius 3 is 2.79 bits per heavy atom. The van der Waals surface area contributed by atoms with Gasteiger partial charge in [-0.25, -0.2) is 4.79 Å². The maximum atomic E-state index is 10.9. The van der Waals surface area contributed by atoms with Crippen LogP contribution in [0.4, 0.5) is 0 Å². The topological polar surface area (TPSA) is 52.6 Å². The van der Waals surface area contributed by atoms with E-state index in [9.17, 15) is 9.59 Å². The lowest BCUT2D eigenvalue weighted by atomic mass is 10.2. The smallest absolute Gasteiger partial charge is 0.330 e. The molecule has 0 aromatic heterocycles. The first-order chi connectivity index (χ1) is 6.61. The Hall–Kier alpha value is -1.32. The highest BCUT2D eigenvalue weighted by Gasteiger charge is 2.22. The fourth-order valence-corrected chi connectivity index (χ4v) is 1.53. The normalized spacial score (nSPS) is 23.6. The second-order valence-electron chi connectivity index (χ2n) is 3.30. The Bertz CT molecular complexity index is 267. The zero-order valence-electron chi connectivity index (χ0n) is 8.41. The van der Waals surface area contributed by atoms with E-state index in [1.54, 1.807) is 0 Å². The first kappa shape index (κ1) is 10.8. The number of hydrogen-bond acceptors (Lipinski definition) is 4. The summed E-state index contributed by atoms with van der Waals surface area (Å²) in [6, 6.07) is 0. The van der Waals surface area contributed by atoms with Crippen LogP contribution < -0.4 is 0 Å². The van der Waals surface area contributed by atoms with Crippen LogP contribution in [0.3, 0.4) is 0 Å². The van der Waals surface area contributed by atoms with E-state index < -0.39 is 0 Å². The monoisotopic (exact) mass is 198 g/mol. The van der Waals surface area contributed by atoms with E-state index >= 15 is 0 Å². The number of carbonyl (C=O) groups is 2. The molecule has 0 aromatic carbocycles. The lowest BCUT2D eigenvalue weighted by molar-refractivity contribution is -0.145. The Kier molecular flexibility index (Phi) is 3.68. The SMILES string of the molecule is COC(=O)/C=C1\CC[C@@H](OC(C)=O)C1. The summed E-state index contributed by atoms with van der Waals surface area (Å²) in [4.78, 5) is 21.5. The molecule has 1 saturated carbocycles. The average Bonchev–Trinajstić information content (AvgIpc) is 2.51. The van der Waals surface area contributed by atoms with Crippen molar-refractivity contribution < 1.29 is 19.1 Å². The van der Waals surface area contributed by atoms with Crippen molar-refractivity contribution in [2.45, 2.75) is 32.3 Å². The number of methoxy groups -OCH3 is 1. The van der Waals surface area contributed by atoms with Gasteiger partial charge in [0, 0.05) is 19.4 Å². The molecule has 0 bridgehead atoms. The van der Waals surface area contributed by atoms with Gasteiger partial charge in [0.25, 0.3) is 0 Å². The zero-order chi connectivity index (χ0) is 10.6. The second-order valence-corrected chi connectivity index (χ2v) is 3.30. The van der Waals surface area contributed by atoms with Gasteiger partial charge in [0.15, 0.2) is 0 Å². The quantitative estimate of drug-likeness (QED) is 0.494. The lowest BCUT2D eigenvalue weighted by Gasteiger charge is -2.07. The van der Waals surface area contributed by atoms with Gasteiger partial charge in [0.2, 0.25) is 0 Å². The van der Waals surface area contributed by atoms with Gasteiger partial charge >= 0.3 is 11.9 Å². The number of esters is 2. The van der Waals surface area contributed by atoms with Crippen molar-refractivity contribution in [2.24, 2.45) is 0 Å². The predicted octanol–water partition coefficient (Wildman–Crippen LogP) is 1.20. The highest BCUT2D eigenvalue weighted by atomic mass is 16.5. The molecule has 1 rings (SSSR count). The van der Waals surface area contributed by atoms with Gasteiger partial charge in [-0.3, -0.25) is 4.79 Å². The number of rotatable bonds is 2. The summed E-state index contributed by atoms with van der Waals surface area (Å²) in [7, 11) is 1.35. The van der Waals surface area contributed by atoms with E-state index in [0.29, 0.717) is 6.42 Å². The van der Waals surface area contributed by atoms with Gasteiger partial charge in [-0.05, 0) is 12.8 Å². The Labute approximate surface area is 82.9 Å². The summed E-state index contributed by atoms with van der Waals surface area (Å²) in [5.41, 5.74) is 0.989. The minimum absolute atomic E-state index is 0.0663. The third kappa shape index (κ3) is 3.20. The predicted molar refractivity (Wildman–Crippen MR) is 49.5 cm³/mol. The molecule has 4 nitrogen and oxygen atoms in total. The summed E-state index contributed by atoms with van der Waals surface area (Å²) >= 11 is 0. The first-order valence-electron chi connectivity index (χ1n) is 4.56. The highest BCUT2D eigenvalue weighted by molar-refractivity contribution is 5.82. The molecule has 0 aromatic rings. The number of hydrogen-bond donors (Lipinski definition) is 0. The van der Waals surface area contributed by atoms with Gasteiger partial charge in [-0.15, -0.1) is 0 Å². The fourth-order valence-electron chi connectivity index (χ4n) is 1.53. The lowest BCUT2D eigenvalue weighted by Crippen LogP contribution is -2.11. The third-order valence-corrected chi connectivity index (χ3v) is 2.13. The number of ether oxygens (including phenoxy) is 2. The summed E-state index contributed by atoms with van der Waals surface area (Å²) in [6.45, 7) is 1.39. The summed E-state index contributed by atoms with van der Waals surface area (Å²) in [5, 5.41) is 0. The van der Waals surface area contributed by atoms with Crippen molar-refractivity contribution in [3.63, 3.8) is 0 Å². The van der Waals surface area contributed by atoms with Crippen LogP contribution in [0.15, 0.2) is 11.6 Å². The number of carbonyl (C=O) groups excluding carboxylic acids is 2. The summed E-state index contributed by atoms with van der Waals surface area (Å²) in [6.07, 6.45) is 3.65. The fraction of sp³-hybridized carbons (Fsp3) is 0.600. The zero-order valence-corrected chi connectivity index (χ0v) is 8.41. The maximum absolute atomic E-state index is 10.9. The standard InChI is InChI=1S/C10H14O4/c1-7(11)14-9-4-3-8(5-9)6-10(12)13-2/h6,9H,3-5H2,1-2H3/b8-6+/t9-/m1/s1. The molecule has 0 spiro atoms. The molecule has 78 valence electrons. The summed E-state index contributed by atoms with van der Waals surface area (Å²) in [5.74, 6) is -0.613. The van der Waals surface area contributed by atoms with Crippen molar-refractivity contribution in [1.29, 1.82) is 0 Å². The molecule has 14 heavy (non-hydrogen) atoms. The Balaban J connectivity index is 2.44. The molecule has 0 amide bonds. The minimum Gasteiger partial charge on any atom is -0.466 e. The van der Waals surface area contributed by atoms with Crippen LogP contribution in [0, 0.1) is 0 Å². The minimum atomic E-state index is -0.344. The van der Waals surface area contributed by atoms with E-state index in [0.717, 1.165) is 18.4 Å². The molecule has 1 fully saturated rings. The van der Waals surface area contributed by atoms with Crippen LogP contribution in [0.25, 0.3) is 0 Å². The van der Waals surface area contributed by atoms with Gasteiger partial charge in [0.1, 0.15) is 6.10 Å². The van der Waals surface area contributed by atoms with Gasteiger partial charge in [-0.2, -0.15) is 0 Å². The van der Waals surface area contributed by atoms with Crippen LogP contribution in [0.5, 0.6) is 0 Å². The van der Waals surface area contributed by atoms with E-state index in [1.165, 1.54) is 20.1 Å². The van der Waals surface area contributed by atoms with Gasteiger partial charge in [0.05, 0.1) is 7.11 Å². The second kappa shape index (κ2) is 4.79. The Morgan fingerprint density at radius 1 is 1.50 bits per heavy atom. The molecular weight excluding hydrogens is 184 g/mol. The van der Waals surface area contributed by atoms with Crippen LogP contribution in [-0.4, -0.2) is 25.2 Å². The van der Waals surface area contributed by atoms with Crippen LogP contribution >= 0.6 is 0 Å². The van der Waals surface area contributed by atoms with E-state index in [4.69, 9.17) is 4.74 Å². The molecule has 1 atom stereocenters. The molecule has 1 aliphatic rings. The van der Waals surface area contributed by atoms with Crippen LogP contribution in [0.1, 0.15) is 26.2 Å². The molecular formula is C10H14O4. The molecule has 0 radical (unpaired) electrons. The van der Waals surface area contributed by atoms with Crippen molar-refractivity contribution >= 4 is 11.9 Å². The van der Waals surface area contributed by atoms with E-state index in [1.807, 2.05) is 0 Å². The molecule has 0 saturated heterocycles. The van der Waals surface area contributed by atoms with Crippen molar-refractivity contribution in [1.82, 2.24) is 0 Å². The average molecular weight is 198 g/mol. The molecule has 4 heteroatoms. The first-order valence-corrected chi connectivity index (χ1v) is 4.56. The van der Waals surface area contributed by atoms with Crippen molar-refractivity contribution in [3.05, 3.63) is 11.6 Å². The van der Waals surface area contributed by atoms with Crippen molar-refractivity contribution in [2.75, 3.05) is 7.11 Å². The largest absolute Gasteiger partial charge is 0.466 e. The molecule has 0 heterocycles. The highest BCUT2D eigenvalue weighted by Crippen LogP contribution is 2.27. The third-order valence-electron chi connectivity index (χ3n) is 2.13. The van der Waals surface area contributed by atoms with Gasteiger partial charge in [-0.1, -0.05) is 5.57 Å². The Morgan fingerprint density at radius 2 is 2.21 bits per heavy atom. The molecule has 1 aliphatic carbocycles. The molecule has 0 N–H and O–H groups in total. The molecule has 0 unspecified atom stereocenters. The van der Waals surface area contributed by atoms with Crippen LogP contribution in [0.2, 0.25) is 0 Å².